The van der Waals surface area contributed by atoms with Gasteiger partial charge in [-0.1, -0.05) is 6.07 Å². The first kappa shape index (κ1) is 9.02. The van der Waals surface area contributed by atoms with E-state index in [9.17, 15) is 4.79 Å². The number of rotatable bonds is 1. The van der Waals surface area contributed by atoms with Crippen molar-refractivity contribution in [3.8, 4) is 5.75 Å². The Labute approximate surface area is 81.3 Å². The number of benzene rings is 1. The van der Waals surface area contributed by atoms with E-state index in [2.05, 4.69) is 0 Å². The third kappa shape index (κ3) is 1.44. The second-order valence-corrected chi connectivity index (χ2v) is 3.30. The number of hydrogen-bond acceptors (Lipinski definition) is 3. The van der Waals surface area contributed by atoms with Crippen molar-refractivity contribution in [2.45, 2.75) is 12.5 Å². The maximum absolute atomic E-state index is 10.7. The molecule has 3 N–H and O–H groups in total. The van der Waals surface area contributed by atoms with Crippen molar-refractivity contribution >= 4 is 5.97 Å². The van der Waals surface area contributed by atoms with E-state index in [-0.39, 0.29) is 11.6 Å². The highest BCUT2D eigenvalue weighted by Gasteiger charge is 2.19. The van der Waals surface area contributed by atoms with E-state index >= 15 is 0 Å². The molecule has 74 valence electrons. The van der Waals surface area contributed by atoms with Crippen LogP contribution in [0.4, 0.5) is 0 Å². The van der Waals surface area contributed by atoms with Gasteiger partial charge in [0.15, 0.2) is 0 Å². The average molecular weight is 193 g/mol. The van der Waals surface area contributed by atoms with E-state index in [0.717, 1.165) is 12.0 Å². The molecule has 0 unspecified atom stereocenters. The Kier molecular flexibility index (Phi) is 2.13. The fraction of sp³-hybridized carbons (Fsp3) is 0.300. The topological polar surface area (TPSA) is 72.5 Å². The molecule has 4 heteroatoms. The van der Waals surface area contributed by atoms with Crippen LogP contribution in [-0.4, -0.2) is 17.7 Å². The Morgan fingerprint density at radius 2 is 2.36 bits per heavy atom. The molecule has 0 fully saturated rings. The molecule has 1 aliphatic rings. The molecule has 1 heterocycles. The second kappa shape index (κ2) is 3.31. The molecule has 0 saturated carbocycles. The summed E-state index contributed by atoms with van der Waals surface area (Å²) in [6.07, 6.45) is 0.777. The molecule has 1 atom stereocenters. The van der Waals surface area contributed by atoms with Crippen molar-refractivity contribution in [2.75, 3.05) is 6.61 Å². The van der Waals surface area contributed by atoms with E-state index in [1.54, 1.807) is 12.1 Å². The van der Waals surface area contributed by atoms with Crippen LogP contribution < -0.4 is 10.5 Å². The highest BCUT2D eigenvalue weighted by atomic mass is 16.5. The highest BCUT2D eigenvalue weighted by Crippen LogP contribution is 2.31. The molecule has 0 saturated heterocycles. The first-order chi connectivity index (χ1) is 6.68. The van der Waals surface area contributed by atoms with Crippen molar-refractivity contribution < 1.29 is 14.6 Å². The minimum absolute atomic E-state index is 0.0402. The van der Waals surface area contributed by atoms with E-state index in [1.165, 1.54) is 6.07 Å². The fourth-order valence-electron chi connectivity index (χ4n) is 1.55. The van der Waals surface area contributed by atoms with Crippen LogP contribution in [0.2, 0.25) is 0 Å². The van der Waals surface area contributed by atoms with Crippen LogP contribution in [0.5, 0.6) is 5.75 Å². The lowest BCUT2D eigenvalue weighted by Gasteiger charge is -2.22. The Hall–Kier alpha value is -1.55. The predicted molar refractivity (Wildman–Crippen MR) is 50.4 cm³/mol. The van der Waals surface area contributed by atoms with Gasteiger partial charge in [0.25, 0.3) is 0 Å². The van der Waals surface area contributed by atoms with Crippen molar-refractivity contribution in [3.63, 3.8) is 0 Å². The first-order valence-electron chi connectivity index (χ1n) is 4.44. The van der Waals surface area contributed by atoms with Crippen LogP contribution in [0.3, 0.4) is 0 Å². The minimum Gasteiger partial charge on any atom is -0.493 e. The van der Waals surface area contributed by atoms with E-state index in [0.29, 0.717) is 12.4 Å². The van der Waals surface area contributed by atoms with Crippen molar-refractivity contribution in [1.82, 2.24) is 0 Å². The van der Waals surface area contributed by atoms with Crippen LogP contribution in [0, 0.1) is 0 Å². The van der Waals surface area contributed by atoms with E-state index < -0.39 is 5.97 Å². The van der Waals surface area contributed by atoms with Gasteiger partial charge in [0, 0.05) is 18.0 Å². The number of fused-ring (bicyclic) bond motifs is 1. The third-order valence-corrected chi connectivity index (χ3v) is 2.35. The molecule has 4 nitrogen and oxygen atoms in total. The number of ether oxygens (including phenoxy) is 1. The molecule has 0 spiro atoms. The second-order valence-electron chi connectivity index (χ2n) is 3.30. The molecule has 0 radical (unpaired) electrons. The van der Waals surface area contributed by atoms with Crippen LogP contribution in [0.25, 0.3) is 0 Å². The van der Waals surface area contributed by atoms with Gasteiger partial charge in [-0.25, -0.2) is 4.79 Å². The molecular weight excluding hydrogens is 182 g/mol. The summed E-state index contributed by atoms with van der Waals surface area (Å²) < 4.78 is 5.34. The third-order valence-electron chi connectivity index (χ3n) is 2.35. The van der Waals surface area contributed by atoms with Gasteiger partial charge in [-0.3, -0.25) is 0 Å². The monoisotopic (exact) mass is 193 g/mol. The number of carboxylic acid groups (broad SMARTS) is 1. The fourth-order valence-corrected chi connectivity index (χ4v) is 1.55. The average Bonchev–Trinajstić information content (AvgIpc) is 2.17. The van der Waals surface area contributed by atoms with Gasteiger partial charge >= 0.3 is 5.97 Å². The number of hydrogen-bond donors (Lipinski definition) is 2. The van der Waals surface area contributed by atoms with Gasteiger partial charge in [0.05, 0.1) is 12.2 Å². The number of nitrogens with two attached hydrogens (primary N) is 1. The summed E-state index contributed by atoms with van der Waals surface area (Å²) in [6.45, 7) is 0.553. The molecular formula is C10H11NO3. The maximum Gasteiger partial charge on any atom is 0.335 e. The molecule has 1 aliphatic heterocycles. The largest absolute Gasteiger partial charge is 0.493 e. The summed E-state index contributed by atoms with van der Waals surface area (Å²) in [6, 6.07) is 4.76. The molecule has 1 aromatic carbocycles. The van der Waals surface area contributed by atoms with Gasteiger partial charge in [0.1, 0.15) is 5.75 Å². The SMILES string of the molecule is N[C@@H]1CCOc2cc(C(=O)O)ccc21. The molecule has 0 aromatic heterocycles. The molecule has 0 bridgehead atoms. The maximum atomic E-state index is 10.7. The van der Waals surface area contributed by atoms with Gasteiger partial charge in [0.2, 0.25) is 0 Å². The Bertz CT molecular complexity index is 376. The normalized spacial score (nSPS) is 19.6. The van der Waals surface area contributed by atoms with Crippen LogP contribution in [0.15, 0.2) is 18.2 Å². The number of carbonyl (C=O) groups is 1. The summed E-state index contributed by atoms with van der Waals surface area (Å²) in [5.41, 5.74) is 6.97. The lowest BCUT2D eigenvalue weighted by Crippen LogP contribution is -2.20. The summed E-state index contributed by atoms with van der Waals surface area (Å²) in [4.78, 5) is 10.7. The molecule has 0 aliphatic carbocycles. The van der Waals surface area contributed by atoms with Crippen molar-refractivity contribution in [3.05, 3.63) is 29.3 Å². The van der Waals surface area contributed by atoms with Crippen molar-refractivity contribution in [2.24, 2.45) is 5.73 Å². The molecule has 14 heavy (non-hydrogen) atoms. The highest BCUT2D eigenvalue weighted by molar-refractivity contribution is 5.88. The zero-order valence-corrected chi connectivity index (χ0v) is 7.56. The molecule has 2 rings (SSSR count). The zero-order valence-electron chi connectivity index (χ0n) is 7.56. The predicted octanol–water partition coefficient (Wildman–Crippen LogP) is 1.17. The standard InChI is InChI=1S/C10H11NO3/c11-8-3-4-14-9-5-6(10(12)13)1-2-7(8)9/h1-2,5,8H,3-4,11H2,(H,12,13)/t8-/m1/s1. The van der Waals surface area contributed by atoms with E-state index in [4.69, 9.17) is 15.6 Å². The Balaban J connectivity index is 2.44. The number of aromatic carboxylic acids is 1. The molecule has 1 aromatic rings. The van der Waals surface area contributed by atoms with Crippen LogP contribution in [-0.2, 0) is 0 Å². The first-order valence-corrected chi connectivity index (χ1v) is 4.44. The summed E-state index contributed by atoms with van der Waals surface area (Å²) in [5.74, 6) is -0.348. The van der Waals surface area contributed by atoms with Crippen molar-refractivity contribution in [1.29, 1.82) is 0 Å². The van der Waals surface area contributed by atoms with E-state index in [1.807, 2.05) is 0 Å². The van der Waals surface area contributed by atoms with Gasteiger partial charge in [-0.2, -0.15) is 0 Å². The summed E-state index contributed by atoms with van der Waals surface area (Å²) >= 11 is 0. The zero-order chi connectivity index (χ0) is 10.1. The van der Waals surface area contributed by atoms with Crippen LogP contribution >= 0.6 is 0 Å². The Morgan fingerprint density at radius 3 is 3.07 bits per heavy atom. The van der Waals surface area contributed by atoms with Crippen LogP contribution in [0.1, 0.15) is 28.4 Å². The lowest BCUT2D eigenvalue weighted by molar-refractivity contribution is 0.0696. The summed E-state index contributed by atoms with van der Waals surface area (Å²) in [5, 5.41) is 8.77. The minimum atomic E-state index is -0.949. The van der Waals surface area contributed by atoms with Gasteiger partial charge in [-0.15, -0.1) is 0 Å². The van der Waals surface area contributed by atoms with Gasteiger partial charge in [-0.05, 0) is 12.1 Å². The lowest BCUT2D eigenvalue weighted by atomic mass is 10.00. The van der Waals surface area contributed by atoms with Gasteiger partial charge < -0.3 is 15.6 Å². The summed E-state index contributed by atoms with van der Waals surface area (Å²) in [7, 11) is 0. The smallest absolute Gasteiger partial charge is 0.335 e. The number of carboxylic acids is 1. The Morgan fingerprint density at radius 1 is 1.57 bits per heavy atom. The molecule has 0 amide bonds. The quantitative estimate of drug-likeness (QED) is 0.702.